The highest BCUT2D eigenvalue weighted by Gasteiger charge is 2.30. The predicted octanol–water partition coefficient (Wildman–Crippen LogP) is 4.37. The van der Waals surface area contributed by atoms with Crippen LogP contribution >= 0.6 is 11.6 Å². The molecule has 0 spiro atoms. The van der Waals surface area contributed by atoms with Crippen molar-refractivity contribution in [1.29, 1.82) is 0 Å². The van der Waals surface area contributed by atoms with Crippen LogP contribution in [0.4, 0.5) is 14.6 Å². The van der Waals surface area contributed by atoms with Crippen LogP contribution in [0.15, 0.2) is 47.0 Å². The minimum Gasteiger partial charge on any atom is -0.405 e. The third-order valence-corrected chi connectivity index (χ3v) is 6.81. The molecule has 0 unspecified atom stereocenters. The van der Waals surface area contributed by atoms with E-state index in [9.17, 15) is 9.18 Å². The fraction of sp³-hybridized carbons (Fsp3) is 0.370. The summed E-state index contributed by atoms with van der Waals surface area (Å²) < 4.78 is 42.6. The molecule has 1 aromatic carbocycles. The first kappa shape index (κ1) is 26.3. The van der Waals surface area contributed by atoms with E-state index in [-0.39, 0.29) is 58.8 Å². The van der Waals surface area contributed by atoms with Crippen LogP contribution in [-0.4, -0.2) is 39.7 Å². The van der Waals surface area contributed by atoms with Crippen molar-refractivity contribution in [2.45, 2.75) is 46.2 Å². The number of halogens is 3. The highest BCUT2D eigenvalue weighted by molar-refractivity contribution is 6.30. The normalized spacial score (nSPS) is 20.2. The molecule has 2 aliphatic heterocycles. The van der Waals surface area contributed by atoms with Crippen LogP contribution in [0.2, 0.25) is 5.02 Å². The molecule has 2 atom stereocenters. The fourth-order valence-corrected chi connectivity index (χ4v) is 5.00. The van der Waals surface area contributed by atoms with E-state index in [1.54, 1.807) is 6.20 Å². The van der Waals surface area contributed by atoms with E-state index in [1.807, 2.05) is 17.9 Å². The van der Waals surface area contributed by atoms with Gasteiger partial charge in [-0.2, -0.15) is 0 Å². The summed E-state index contributed by atoms with van der Waals surface area (Å²) >= 11 is 5.81. The van der Waals surface area contributed by atoms with Gasteiger partial charge in [-0.3, -0.25) is 9.20 Å². The molecule has 2 aromatic heterocycles. The number of hydrogen-bond donors (Lipinski definition) is 1. The summed E-state index contributed by atoms with van der Waals surface area (Å²) in [5.41, 5.74) is 7.14. The minimum atomic E-state index is -1.20. The van der Waals surface area contributed by atoms with Gasteiger partial charge in [-0.05, 0) is 42.8 Å². The number of morpholine rings is 1. The van der Waals surface area contributed by atoms with Crippen molar-refractivity contribution in [3.8, 4) is 11.3 Å². The molecule has 11 heteroatoms. The molecule has 38 heavy (non-hydrogen) atoms. The molecule has 0 saturated carbocycles. The van der Waals surface area contributed by atoms with E-state index in [1.165, 1.54) is 22.7 Å². The predicted molar refractivity (Wildman–Crippen MR) is 141 cm³/mol. The zero-order valence-corrected chi connectivity index (χ0v) is 22.0. The second-order valence-corrected chi connectivity index (χ2v) is 10.2. The largest absolute Gasteiger partial charge is 0.405 e. The van der Waals surface area contributed by atoms with Gasteiger partial charge in [0, 0.05) is 18.7 Å². The molecule has 0 bridgehead atoms. The lowest BCUT2D eigenvalue weighted by molar-refractivity contribution is 0.00533. The second-order valence-electron chi connectivity index (χ2n) is 9.81. The van der Waals surface area contributed by atoms with Crippen molar-refractivity contribution in [2.24, 2.45) is 11.7 Å². The molecule has 200 valence electrons. The Kier molecular flexibility index (Phi) is 7.21. The van der Waals surface area contributed by atoms with Gasteiger partial charge in [-0.25, -0.2) is 18.7 Å². The topological polar surface area (TPSA) is 95.0 Å². The van der Waals surface area contributed by atoms with Gasteiger partial charge in [0.25, 0.3) is 5.56 Å². The van der Waals surface area contributed by atoms with E-state index in [0.29, 0.717) is 30.2 Å². The molecule has 3 aromatic rings. The smallest absolute Gasteiger partial charge is 0.263 e. The van der Waals surface area contributed by atoms with E-state index in [0.717, 1.165) is 5.57 Å². The van der Waals surface area contributed by atoms with Gasteiger partial charge in [0.05, 0.1) is 41.8 Å². The third kappa shape index (κ3) is 4.79. The first-order valence-electron chi connectivity index (χ1n) is 12.3. The van der Waals surface area contributed by atoms with Crippen LogP contribution in [0.3, 0.4) is 0 Å². The number of aromatic nitrogens is 3. The summed E-state index contributed by atoms with van der Waals surface area (Å²) in [4.78, 5) is 24.7. The molecule has 5 rings (SSSR count). The molecular formula is C27H28ClF2N5O3. The van der Waals surface area contributed by atoms with Crippen molar-refractivity contribution in [3.63, 3.8) is 0 Å². The summed E-state index contributed by atoms with van der Waals surface area (Å²) in [7, 11) is 0. The number of allylic oxidation sites excluding steroid dienone is 1. The molecular weight excluding hydrogens is 516 g/mol. The molecule has 0 aliphatic carbocycles. The summed E-state index contributed by atoms with van der Waals surface area (Å²) in [6, 6.07) is 2.59. The maximum absolute atomic E-state index is 15.2. The van der Waals surface area contributed by atoms with Crippen LogP contribution in [-0.2, 0) is 22.7 Å². The second kappa shape index (κ2) is 10.4. The van der Waals surface area contributed by atoms with Crippen molar-refractivity contribution < 1.29 is 18.3 Å². The number of fused-ring (bicyclic) bond motifs is 2. The van der Waals surface area contributed by atoms with Gasteiger partial charge in [0.15, 0.2) is 17.3 Å². The van der Waals surface area contributed by atoms with Crippen LogP contribution in [0.1, 0.15) is 32.0 Å². The Bertz CT molecular complexity index is 1520. The Morgan fingerprint density at radius 2 is 2.00 bits per heavy atom. The van der Waals surface area contributed by atoms with Crippen molar-refractivity contribution in [3.05, 3.63) is 80.5 Å². The van der Waals surface area contributed by atoms with E-state index >= 15 is 4.39 Å². The Balaban J connectivity index is 1.69. The Hall–Kier alpha value is -3.34. The molecule has 0 amide bonds. The molecule has 0 radical (unpaired) electrons. The first-order valence-corrected chi connectivity index (χ1v) is 12.7. The third-order valence-electron chi connectivity index (χ3n) is 6.52. The number of anilines is 1. The molecule has 1 fully saturated rings. The van der Waals surface area contributed by atoms with Crippen molar-refractivity contribution >= 4 is 23.1 Å². The van der Waals surface area contributed by atoms with Gasteiger partial charge in [0.1, 0.15) is 17.6 Å². The average molecular weight is 544 g/mol. The molecule has 4 heterocycles. The van der Waals surface area contributed by atoms with Crippen LogP contribution in [0.5, 0.6) is 0 Å². The molecule has 8 nitrogen and oxygen atoms in total. The zero-order valence-electron chi connectivity index (χ0n) is 21.2. The SMILES string of the molecule is CC(C)/C=C(\C=C/N)[C@@H]1CN(c2cn3c(=O)c4c(nc3c(-c3ccc(Cl)c(F)c3F)n2)COC4)C[C@H](C)O1. The molecule has 2 N–H and O–H groups in total. The van der Waals surface area contributed by atoms with Gasteiger partial charge in [-0.15, -0.1) is 0 Å². The molecule has 2 aliphatic rings. The lowest BCUT2D eigenvalue weighted by Crippen LogP contribution is -2.48. The van der Waals surface area contributed by atoms with Gasteiger partial charge in [-0.1, -0.05) is 31.5 Å². The summed E-state index contributed by atoms with van der Waals surface area (Å²) in [6.45, 7) is 7.21. The Labute approximate surface area is 223 Å². The quantitative estimate of drug-likeness (QED) is 0.377. The number of benzene rings is 1. The van der Waals surface area contributed by atoms with Crippen molar-refractivity contribution in [2.75, 3.05) is 18.0 Å². The number of ether oxygens (including phenoxy) is 2. The number of rotatable bonds is 5. The lowest BCUT2D eigenvalue weighted by atomic mass is 10.0. The van der Waals surface area contributed by atoms with Crippen LogP contribution in [0.25, 0.3) is 16.9 Å². The fourth-order valence-electron chi connectivity index (χ4n) is 4.85. The zero-order chi connectivity index (χ0) is 27.1. The van der Waals surface area contributed by atoms with Crippen molar-refractivity contribution in [1.82, 2.24) is 14.4 Å². The van der Waals surface area contributed by atoms with Gasteiger partial charge < -0.3 is 20.1 Å². The number of hydrogen-bond acceptors (Lipinski definition) is 7. The van der Waals surface area contributed by atoms with Crippen LogP contribution in [0, 0.1) is 17.6 Å². The highest BCUT2D eigenvalue weighted by Crippen LogP contribution is 2.32. The lowest BCUT2D eigenvalue weighted by Gasteiger charge is -2.38. The van der Waals surface area contributed by atoms with Gasteiger partial charge in [0.2, 0.25) is 0 Å². The minimum absolute atomic E-state index is 0.0258. The van der Waals surface area contributed by atoms with Gasteiger partial charge >= 0.3 is 0 Å². The Morgan fingerprint density at radius 1 is 1.21 bits per heavy atom. The maximum Gasteiger partial charge on any atom is 0.263 e. The standard InChI is InChI=1S/C27H28ClF2N5O3/c1-14(2)8-16(6-7-31)21-10-34(9-15(3)38-21)22-11-35-26(32-20-13-37-12-18(20)27(35)36)25(33-22)17-4-5-19(28)24(30)23(17)29/h4-8,11,14-15,21H,9-10,12-13,31H2,1-3H3/b7-6-,16-8+/t15-,21-/m0/s1. The monoisotopic (exact) mass is 543 g/mol. The van der Waals surface area contributed by atoms with E-state index in [4.69, 9.17) is 31.8 Å². The number of nitrogens with two attached hydrogens (primary N) is 1. The van der Waals surface area contributed by atoms with E-state index < -0.39 is 11.6 Å². The van der Waals surface area contributed by atoms with E-state index in [2.05, 4.69) is 24.9 Å². The summed E-state index contributed by atoms with van der Waals surface area (Å²) in [5, 5.41) is -0.353. The Morgan fingerprint density at radius 3 is 2.74 bits per heavy atom. The maximum atomic E-state index is 15.2. The summed E-state index contributed by atoms with van der Waals surface area (Å²) in [6.07, 6.45) is 6.42. The highest BCUT2D eigenvalue weighted by atomic mass is 35.5. The molecule has 1 saturated heterocycles. The first-order chi connectivity index (χ1) is 18.2. The number of nitrogens with zero attached hydrogens (tertiary/aromatic N) is 4. The summed E-state index contributed by atoms with van der Waals surface area (Å²) in [5.74, 6) is -1.71. The average Bonchev–Trinajstić information content (AvgIpc) is 3.35. The van der Waals surface area contributed by atoms with Crippen LogP contribution < -0.4 is 16.2 Å².